The fraction of sp³-hybridized carbons (Fsp3) is 0.188. The van der Waals surface area contributed by atoms with Crippen molar-refractivity contribution in [3.8, 4) is 0 Å². The van der Waals surface area contributed by atoms with Crippen LogP contribution in [0.1, 0.15) is 19.4 Å². The first-order valence-electron chi connectivity index (χ1n) is 6.82. The topological polar surface area (TPSA) is 89.5 Å². The summed E-state index contributed by atoms with van der Waals surface area (Å²) in [6.07, 6.45) is 0. The molecule has 6 heteroatoms. The van der Waals surface area contributed by atoms with E-state index in [2.05, 4.69) is 0 Å². The molecule has 1 aliphatic rings. The SMILES string of the molecule is CC1(C)C(=O)N(c2ccccc2)c2cc([N+](=O)[O-])c(N)cc21. The summed E-state index contributed by atoms with van der Waals surface area (Å²) in [7, 11) is 0. The van der Waals surface area contributed by atoms with Crippen molar-refractivity contribution in [1.29, 1.82) is 0 Å². The lowest BCUT2D eigenvalue weighted by atomic mass is 9.86. The summed E-state index contributed by atoms with van der Waals surface area (Å²) in [5.74, 6) is -0.131. The molecular weight excluding hydrogens is 282 g/mol. The molecule has 0 spiro atoms. The van der Waals surface area contributed by atoms with Crippen LogP contribution < -0.4 is 10.6 Å². The highest BCUT2D eigenvalue weighted by Gasteiger charge is 2.45. The average Bonchev–Trinajstić information content (AvgIpc) is 2.67. The molecule has 2 aromatic rings. The summed E-state index contributed by atoms with van der Waals surface area (Å²) < 4.78 is 0. The first-order valence-corrected chi connectivity index (χ1v) is 6.82. The number of nitrogen functional groups attached to an aromatic ring is 1. The Morgan fingerprint density at radius 2 is 1.82 bits per heavy atom. The normalized spacial score (nSPS) is 15.7. The number of nitro groups is 1. The number of anilines is 3. The quantitative estimate of drug-likeness (QED) is 0.524. The smallest absolute Gasteiger partial charge is 0.294 e. The highest BCUT2D eigenvalue weighted by Crippen LogP contribution is 2.48. The molecule has 0 saturated carbocycles. The number of carbonyl (C=O) groups excluding carboxylic acids is 1. The van der Waals surface area contributed by atoms with Gasteiger partial charge in [-0.3, -0.25) is 19.8 Å². The number of hydrogen-bond donors (Lipinski definition) is 1. The lowest BCUT2D eigenvalue weighted by Crippen LogP contribution is -2.33. The minimum absolute atomic E-state index is 0.0690. The van der Waals surface area contributed by atoms with E-state index < -0.39 is 10.3 Å². The second kappa shape index (κ2) is 4.56. The fourth-order valence-corrected chi connectivity index (χ4v) is 2.78. The number of benzene rings is 2. The summed E-state index contributed by atoms with van der Waals surface area (Å²) >= 11 is 0. The molecule has 0 unspecified atom stereocenters. The van der Waals surface area contributed by atoms with Gasteiger partial charge in [0.25, 0.3) is 5.69 Å². The van der Waals surface area contributed by atoms with Gasteiger partial charge < -0.3 is 5.73 Å². The monoisotopic (exact) mass is 297 g/mol. The molecule has 112 valence electrons. The molecule has 3 rings (SSSR count). The van der Waals surface area contributed by atoms with E-state index in [-0.39, 0.29) is 17.3 Å². The molecule has 0 bridgehead atoms. The van der Waals surface area contributed by atoms with Crippen molar-refractivity contribution in [2.24, 2.45) is 0 Å². The van der Waals surface area contributed by atoms with Gasteiger partial charge in [-0.25, -0.2) is 0 Å². The van der Waals surface area contributed by atoms with Crippen LogP contribution in [0.3, 0.4) is 0 Å². The highest BCUT2D eigenvalue weighted by molar-refractivity contribution is 6.13. The van der Waals surface area contributed by atoms with Crippen LogP contribution >= 0.6 is 0 Å². The van der Waals surface area contributed by atoms with Crippen molar-refractivity contribution in [2.75, 3.05) is 10.6 Å². The van der Waals surface area contributed by atoms with E-state index in [1.165, 1.54) is 17.0 Å². The average molecular weight is 297 g/mol. The van der Waals surface area contributed by atoms with E-state index in [1.807, 2.05) is 18.2 Å². The van der Waals surface area contributed by atoms with Crippen molar-refractivity contribution in [3.05, 3.63) is 58.1 Å². The van der Waals surface area contributed by atoms with Gasteiger partial charge in [-0.2, -0.15) is 0 Å². The third-order valence-electron chi connectivity index (χ3n) is 4.01. The Bertz CT molecular complexity index is 785. The maximum absolute atomic E-state index is 12.8. The van der Waals surface area contributed by atoms with Crippen molar-refractivity contribution in [1.82, 2.24) is 0 Å². The Labute approximate surface area is 127 Å². The molecule has 0 atom stereocenters. The molecule has 2 N–H and O–H groups in total. The number of fused-ring (bicyclic) bond motifs is 1. The Balaban J connectivity index is 2.28. The third-order valence-corrected chi connectivity index (χ3v) is 4.01. The summed E-state index contributed by atoms with van der Waals surface area (Å²) in [6, 6.07) is 12.0. The van der Waals surface area contributed by atoms with E-state index in [4.69, 9.17) is 5.73 Å². The number of hydrogen-bond acceptors (Lipinski definition) is 4. The van der Waals surface area contributed by atoms with Crippen LogP contribution in [0.5, 0.6) is 0 Å². The van der Waals surface area contributed by atoms with Crippen LogP contribution in [0.25, 0.3) is 0 Å². The molecule has 0 aromatic heterocycles. The number of nitrogens with two attached hydrogens (primary N) is 1. The van der Waals surface area contributed by atoms with E-state index >= 15 is 0 Å². The highest BCUT2D eigenvalue weighted by atomic mass is 16.6. The summed E-state index contributed by atoms with van der Waals surface area (Å²) in [6.45, 7) is 3.59. The third kappa shape index (κ3) is 1.84. The number of carbonyl (C=O) groups is 1. The van der Waals surface area contributed by atoms with Crippen LogP contribution in [-0.2, 0) is 10.2 Å². The lowest BCUT2D eigenvalue weighted by Gasteiger charge is -2.20. The molecule has 0 saturated heterocycles. The Kier molecular flexibility index (Phi) is 2.91. The van der Waals surface area contributed by atoms with Gasteiger partial charge in [0.1, 0.15) is 5.69 Å². The zero-order valence-electron chi connectivity index (χ0n) is 12.2. The molecular formula is C16H15N3O3. The minimum atomic E-state index is -0.783. The van der Waals surface area contributed by atoms with Gasteiger partial charge in [-0.05, 0) is 37.6 Å². The molecule has 0 radical (unpaired) electrons. The van der Waals surface area contributed by atoms with Gasteiger partial charge in [-0.1, -0.05) is 18.2 Å². The maximum Gasteiger partial charge on any atom is 0.294 e. The zero-order valence-corrected chi connectivity index (χ0v) is 12.2. The Morgan fingerprint density at radius 1 is 1.18 bits per heavy atom. The first kappa shape index (κ1) is 14.1. The van der Waals surface area contributed by atoms with Crippen LogP contribution in [0.4, 0.5) is 22.7 Å². The largest absolute Gasteiger partial charge is 0.393 e. The molecule has 6 nitrogen and oxygen atoms in total. The molecule has 1 heterocycles. The predicted octanol–water partition coefficient (Wildman–Crippen LogP) is 3.13. The molecule has 1 amide bonds. The van der Waals surface area contributed by atoms with Crippen molar-refractivity contribution in [2.45, 2.75) is 19.3 Å². The fourth-order valence-electron chi connectivity index (χ4n) is 2.78. The first-order chi connectivity index (χ1) is 10.3. The predicted molar refractivity (Wildman–Crippen MR) is 84.1 cm³/mol. The van der Waals surface area contributed by atoms with Gasteiger partial charge in [0.05, 0.1) is 16.0 Å². The molecule has 2 aromatic carbocycles. The summed E-state index contributed by atoms with van der Waals surface area (Å²) in [5.41, 5.74) is 6.76. The van der Waals surface area contributed by atoms with Gasteiger partial charge in [0, 0.05) is 11.8 Å². The van der Waals surface area contributed by atoms with Crippen molar-refractivity contribution in [3.63, 3.8) is 0 Å². The number of nitrogens with zero attached hydrogens (tertiary/aromatic N) is 2. The van der Waals surface area contributed by atoms with Crippen LogP contribution in [0.2, 0.25) is 0 Å². The van der Waals surface area contributed by atoms with E-state index in [0.29, 0.717) is 16.9 Å². The Hall–Kier alpha value is -2.89. The second-order valence-electron chi connectivity index (χ2n) is 5.79. The van der Waals surface area contributed by atoms with Gasteiger partial charge in [0.15, 0.2) is 0 Å². The molecule has 0 fully saturated rings. The minimum Gasteiger partial charge on any atom is -0.393 e. The van der Waals surface area contributed by atoms with Crippen molar-refractivity contribution >= 4 is 28.7 Å². The number of rotatable bonds is 2. The van der Waals surface area contributed by atoms with Gasteiger partial charge in [0.2, 0.25) is 5.91 Å². The molecule has 1 aliphatic heterocycles. The summed E-state index contributed by atoms with van der Waals surface area (Å²) in [4.78, 5) is 24.9. The second-order valence-corrected chi connectivity index (χ2v) is 5.79. The maximum atomic E-state index is 12.8. The lowest BCUT2D eigenvalue weighted by molar-refractivity contribution is -0.383. The zero-order chi connectivity index (χ0) is 16.1. The van der Waals surface area contributed by atoms with Crippen LogP contribution in [0, 0.1) is 10.1 Å². The number of para-hydroxylation sites is 1. The van der Waals surface area contributed by atoms with E-state index in [1.54, 1.807) is 26.0 Å². The number of amides is 1. The van der Waals surface area contributed by atoms with Crippen LogP contribution in [-0.4, -0.2) is 10.8 Å². The van der Waals surface area contributed by atoms with E-state index in [0.717, 1.165) is 0 Å². The number of nitro benzene ring substituents is 1. The Morgan fingerprint density at radius 3 is 2.41 bits per heavy atom. The van der Waals surface area contributed by atoms with Gasteiger partial charge >= 0.3 is 0 Å². The van der Waals surface area contributed by atoms with E-state index in [9.17, 15) is 14.9 Å². The van der Waals surface area contributed by atoms with Crippen LogP contribution in [0.15, 0.2) is 42.5 Å². The molecule has 0 aliphatic carbocycles. The standard InChI is InChI=1S/C16H15N3O3/c1-16(2)11-8-12(17)14(19(21)22)9-13(11)18(15(16)20)10-6-4-3-5-7-10/h3-9H,17H2,1-2H3. The van der Waals surface area contributed by atoms with Crippen molar-refractivity contribution < 1.29 is 9.72 Å². The van der Waals surface area contributed by atoms with Gasteiger partial charge in [-0.15, -0.1) is 0 Å². The molecule has 22 heavy (non-hydrogen) atoms. The summed E-state index contributed by atoms with van der Waals surface area (Å²) in [5, 5.41) is 11.1.